The highest BCUT2D eigenvalue weighted by molar-refractivity contribution is 5.73. The second-order valence-electron chi connectivity index (χ2n) is 3.57. The Hall–Kier alpha value is -0.570. The minimum absolute atomic E-state index is 0.0425. The van der Waals surface area contributed by atoms with Gasteiger partial charge >= 0.3 is 0 Å². The highest BCUT2D eigenvalue weighted by atomic mass is 16.3. The van der Waals surface area contributed by atoms with Crippen LogP contribution in [0, 0.1) is 5.92 Å². The van der Waals surface area contributed by atoms with Crippen LogP contribution in [0.3, 0.4) is 0 Å². The third-order valence-corrected chi connectivity index (χ3v) is 2.88. The predicted molar refractivity (Wildman–Crippen MR) is 46.7 cm³/mol. The van der Waals surface area contributed by atoms with Crippen LogP contribution in [0.1, 0.15) is 26.2 Å². The molecule has 1 amide bonds. The molecule has 0 aliphatic heterocycles. The van der Waals surface area contributed by atoms with Crippen LogP contribution in [-0.4, -0.2) is 35.6 Å². The molecule has 1 fully saturated rings. The van der Waals surface area contributed by atoms with E-state index < -0.39 is 0 Å². The van der Waals surface area contributed by atoms with Crippen LogP contribution in [0.2, 0.25) is 0 Å². The third-order valence-electron chi connectivity index (χ3n) is 2.88. The van der Waals surface area contributed by atoms with E-state index in [1.165, 1.54) is 6.42 Å². The van der Waals surface area contributed by atoms with Crippen LogP contribution >= 0.6 is 0 Å². The van der Waals surface area contributed by atoms with E-state index in [-0.39, 0.29) is 18.6 Å². The lowest BCUT2D eigenvalue weighted by Gasteiger charge is -2.37. The minimum Gasteiger partial charge on any atom is -0.394 e. The summed E-state index contributed by atoms with van der Waals surface area (Å²) < 4.78 is 0. The molecule has 3 heteroatoms. The Balaban J connectivity index is 2.48. The van der Waals surface area contributed by atoms with Crippen molar-refractivity contribution in [3.05, 3.63) is 0 Å². The molecule has 0 aromatic heterocycles. The van der Waals surface area contributed by atoms with E-state index in [0.717, 1.165) is 12.8 Å². The molecule has 12 heavy (non-hydrogen) atoms. The first-order valence-corrected chi connectivity index (χ1v) is 4.51. The van der Waals surface area contributed by atoms with E-state index in [1.54, 1.807) is 18.9 Å². The molecule has 70 valence electrons. The number of amides is 1. The quantitative estimate of drug-likeness (QED) is 0.676. The molecular formula is C9H17NO2. The SMILES string of the molecule is CC(=O)N(C)C(CO)C1CCC1. The van der Waals surface area contributed by atoms with E-state index in [0.29, 0.717) is 5.92 Å². The summed E-state index contributed by atoms with van der Waals surface area (Å²) in [6.45, 7) is 1.64. The number of hydrogen-bond acceptors (Lipinski definition) is 2. The molecular weight excluding hydrogens is 154 g/mol. The topological polar surface area (TPSA) is 40.5 Å². The molecule has 0 spiro atoms. The molecule has 1 N–H and O–H groups in total. The van der Waals surface area contributed by atoms with Crippen molar-refractivity contribution in [1.29, 1.82) is 0 Å². The van der Waals surface area contributed by atoms with Gasteiger partial charge < -0.3 is 10.0 Å². The summed E-state index contributed by atoms with van der Waals surface area (Å²) in [5.41, 5.74) is 0. The zero-order chi connectivity index (χ0) is 9.14. The number of nitrogens with zero attached hydrogens (tertiary/aromatic N) is 1. The summed E-state index contributed by atoms with van der Waals surface area (Å²) in [5.74, 6) is 0.574. The van der Waals surface area contributed by atoms with Crippen molar-refractivity contribution in [3.63, 3.8) is 0 Å². The molecule has 0 radical (unpaired) electrons. The van der Waals surface area contributed by atoms with Crippen molar-refractivity contribution in [3.8, 4) is 0 Å². The molecule has 0 aromatic carbocycles. The zero-order valence-electron chi connectivity index (χ0n) is 7.79. The predicted octanol–water partition coefficient (Wildman–Crippen LogP) is 0.626. The van der Waals surface area contributed by atoms with E-state index in [4.69, 9.17) is 5.11 Å². The average molecular weight is 171 g/mol. The van der Waals surface area contributed by atoms with Crippen LogP contribution in [0.25, 0.3) is 0 Å². The van der Waals surface area contributed by atoms with Crippen LogP contribution < -0.4 is 0 Å². The first-order chi connectivity index (χ1) is 5.66. The monoisotopic (exact) mass is 171 g/mol. The van der Waals surface area contributed by atoms with E-state index in [9.17, 15) is 4.79 Å². The normalized spacial score (nSPS) is 19.9. The molecule has 1 atom stereocenters. The average Bonchev–Trinajstić information content (AvgIpc) is 1.94. The van der Waals surface area contributed by atoms with Crippen LogP contribution in [-0.2, 0) is 4.79 Å². The second-order valence-corrected chi connectivity index (χ2v) is 3.57. The second kappa shape index (κ2) is 3.90. The zero-order valence-corrected chi connectivity index (χ0v) is 7.79. The van der Waals surface area contributed by atoms with Gasteiger partial charge in [0.1, 0.15) is 0 Å². The molecule has 1 aliphatic rings. The molecule has 1 rings (SSSR count). The van der Waals surface area contributed by atoms with E-state index in [2.05, 4.69) is 0 Å². The number of likely N-dealkylation sites (N-methyl/N-ethyl adjacent to an activating group) is 1. The summed E-state index contributed by atoms with van der Waals surface area (Å²) in [7, 11) is 1.77. The fraction of sp³-hybridized carbons (Fsp3) is 0.889. The van der Waals surface area contributed by atoms with Gasteiger partial charge in [-0.05, 0) is 18.8 Å². The minimum atomic E-state index is 0.0425. The highest BCUT2D eigenvalue weighted by Gasteiger charge is 2.30. The first kappa shape index (κ1) is 9.52. The maximum absolute atomic E-state index is 11.0. The van der Waals surface area contributed by atoms with Gasteiger partial charge in [0.05, 0.1) is 12.6 Å². The lowest BCUT2D eigenvalue weighted by molar-refractivity contribution is -0.132. The Morgan fingerprint density at radius 3 is 2.50 bits per heavy atom. The number of aliphatic hydroxyl groups is 1. The maximum atomic E-state index is 11.0. The Bertz CT molecular complexity index is 166. The summed E-state index contributed by atoms with van der Waals surface area (Å²) in [5, 5.41) is 9.09. The number of aliphatic hydroxyl groups excluding tert-OH is 1. The molecule has 0 aromatic rings. The third kappa shape index (κ3) is 1.78. The van der Waals surface area contributed by atoms with Crippen LogP contribution in [0.5, 0.6) is 0 Å². The maximum Gasteiger partial charge on any atom is 0.219 e. The van der Waals surface area contributed by atoms with Crippen molar-refractivity contribution < 1.29 is 9.90 Å². The summed E-state index contributed by atoms with van der Waals surface area (Å²) in [6.07, 6.45) is 3.55. The Morgan fingerprint density at radius 1 is 1.67 bits per heavy atom. The molecule has 0 heterocycles. The lowest BCUT2D eigenvalue weighted by atomic mass is 9.79. The van der Waals surface area contributed by atoms with E-state index >= 15 is 0 Å². The van der Waals surface area contributed by atoms with Gasteiger partial charge in [-0.1, -0.05) is 6.42 Å². The Kier molecular flexibility index (Phi) is 3.09. The standard InChI is InChI=1S/C9H17NO2/c1-7(12)10(2)9(6-11)8-4-3-5-8/h8-9,11H,3-6H2,1-2H3. The van der Waals surface area contributed by atoms with Crippen molar-refractivity contribution in [2.24, 2.45) is 5.92 Å². The summed E-state index contributed by atoms with van der Waals surface area (Å²) >= 11 is 0. The van der Waals surface area contributed by atoms with Gasteiger partial charge in [-0.3, -0.25) is 4.79 Å². The van der Waals surface area contributed by atoms with Crippen LogP contribution in [0.15, 0.2) is 0 Å². The van der Waals surface area contributed by atoms with Gasteiger partial charge in [-0.25, -0.2) is 0 Å². The lowest BCUT2D eigenvalue weighted by Crippen LogP contribution is -2.45. The number of rotatable bonds is 3. The van der Waals surface area contributed by atoms with E-state index in [1.807, 2.05) is 0 Å². The summed E-state index contributed by atoms with van der Waals surface area (Å²) in [4.78, 5) is 12.7. The largest absolute Gasteiger partial charge is 0.394 e. The van der Waals surface area contributed by atoms with Gasteiger partial charge in [-0.2, -0.15) is 0 Å². The van der Waals surface area contributed by atoms with Gasteiger partial charge in [0.2, 0.25) is 5.91 Å². The van der Waals surface area contributed by atoms with Crippen molar-refractivity contribution in [2.75, 3.05) is 13.7 Å². The fourth-order valence-electron chi connectivity index (χ4n) is 1.65. The van der Waals surface area contributed by atoms with Gasteiger partial charge in [0, 0.05) is 14.0 Å². The molecule has 1 unspecified atom stereocenters. The van der Waals surface area contributed by atoms with Crippen molar-refractivity contribution >= 4 is 5.91 Å². The van der Waals surface area contributed by atoms with Crippen molar-refractivity contribution in [2.45, 2.75) is 32.2 Å². The van der Waals surface area contributed by atoms with Crippen LogP contribution in [0.4, 0.5) is 0 Å². The molecule has 0 saturated heterocycles. The Morgan fingerprint density at radius 2 is 2.25 bits per heavy atom. The molecule has 1 saturated carbocycles. The number of hydrogen-bond donors (Lipinski definition) is 1. The van der Waals surface area contributed by atoms with Crippen molar-refractivity contribution in [1.82, 2.24) is 4.90 Å². The summed E-state index contributed by atoms with van der Waals surface area (Å²) in [6, 6.07) is 0.0521. The molecule has 1 aliphatic carbocycles. The fourth-order valence-corrected chi connectivity index (χ4v) is 1.65. The number of carbonyl (C=O) groups is 1. The number of carbonyl (C=O) groups excluding carboxylic acids is 1. The smallest absolute Gasteiger partial charge is 0.219 e. The Labute approximate surface area is 73.4 Å². The molecule has 0 bridgehead atoms. The van der Waals surface area contributed by atoms with Gasteiger partial charge in [0.25, 0.3) is 0 Å². The van der Waals surface area contributed by atoms with Gasteiger partial charge in [-0.15, -0.1) is 0 Å². The highest BCUT2D eigenvalue weighted by Crippen LogP contribution is 2.31. The molecule has 3 nitrogen and oxygen atoms in total. The first-order valence-electron chi connectivity index (χ1n) is 4.51. The van der Waals surface area contributed by atoms with Gasteiger partial charge in [0.15, 0.2) is 0 Å².